The molecule has 4 aromatic rings. The number of benzene rings is 2. The van der Waals surface area contributed by atoms with Gasteiger partial charge < -0.3 is 9.47 Å². The molecule has 1 aliphatic rings. The third-order valence-electron chi connectivity index (χ3n) is 6.29. The summed E-state index contributed by atoms with van der Waals surface area (Å²) in [5.41, 5.74) is 5.12. The molecule has 5 rings (SSSR count). The number of carbonyl (C=O) groups is 1. The predicted molar refractivity (Wildman–Crippen MR) is 157 cm³/mol. The number of aryl methyl sites for hydroxylation is 2. The van der Waals surface area contributed by atoms with Crippen LogP contribution in [0, 0.1) is 0 Å². The van der Waals surface area contributed by atoms with Crippen LogP contribution in [0.25, 0.3) is 15.9 Å². The minimum Gasteiger partial charge on any atom is -0.494 e. The van der Waals surface area contributed by atoms with Crippen LogP contribution < -0.4 is 20.5 Å². The number of ether oxygens (including phenoxy) is 2. The highest BCUT2D eigenvalue weighted by atomic mass is 32.2. The Morgan fingerprint density at radius 2 is 1.72 bits per heavy atom. The van der Waals surface area contributed by atoms with Crippen LogP contribution in [0.4, 0.5) is 0 Å². The summed E-state index contributed by atoms with van der Waals surface area (Å²) in [4.78, 5) is 33.4. The zero-order valence-electron chi connectivity index (χ0n) is 21.9. The van der Waals surface area contributed by atoms with E-state index in [-0.39, 0.29) is 17.2 Å². The molecule has 0 unspecified atom stereocenters. The number of rotatable bonds is 10. The predicted octanol–water partition coefficient (Wildman–Crippen LogP) is 5.37. The van der Waals surface area contributed by atoms with Crippen LogP contribution in [-0.2, 0) is 17.6 Å². The van der Waals surface area contributed by atoms with Crippen LogP contribution >= 0.6 is 23.1 Å². The lowest BCUT2D eigenvalue weighted by Gasteiger charge is -2.14. The van der Waals surface area contributed by atoms with Gasteiger partial charge in [0.2, 0.25) is 0 Å². The van der Waals surface area contributed by atoms with E-state index in [4.69, 9.17) is 14.5 Å². The molecule has 0 atom stereocenters. The summed E-state index contributed by atoms with van der Waals surface area (Å²) in [6.07, 6.45) is 5.67. The fourth-order valence-electron chi connectivity index (χ4n) is 4.53. The smallest absolute Gasteiger partial charge is 0.267 e. The first kappa shape index (κ1) is 27.0. The number of hydrazone groups is 1. The van der Waals surface area contributed by atoms with Gasteiger partial charge in [-0.2, -0.15) is 5.10 Å². The molecule has 39 heavy (non-hydrogen) atoms. The van der Waals surface area contributed by atoms with Crippen LogP contribution in [0.2, 0.25) is 0 Å². The van der Waals surface area contributed by atoms with Crippen molar-refractivity contribution in [3.05, 3.63) is 74.9 Å². The molecule has 2 heterocycles. The molecule has 10 heteroatoms. The van der Waals surface area contributed by atoms with Gasteiger partial charge in [0.25, 0.3) is 11.5 Å². The first-order valence-corrected chi connectivity index (χ1v) is 14.9. The molecule has 1 aliphatic carbocycles. The highest BCUT2D eigenvalue weighted by Crippen LogP contribution is 2.35. The molecular weight excluding hydrogens is 532 g/mol. The van der Waals surface area contributed by atoms with E-state index in [1.54, 1.807) is 22.1 Å². The number of fused-ring (bicyclic) bond motifs is 3. The number of hydrogen-bond donors (Lipinski definition) is 1. The van der Waals surface area contributed by atoms with Crippen molar-refractivity contribution in [2.45, 2.75) is 44.7 Å². The zero-order chi connectivity index (χ0) is 27.2. The van der Waals surface area contributed by atoms with Gasteiger partial charge in [0.15, 0.2) is 5.16 Å². The standard InChI is InChI=1S/C29H30N4O4S2/c1-3-36-21-13-9-19(10-14-21)17-30-32-25(34)18-38-29-31-27-26(23-7-5-6-8-24(23)39-27)28(35)33(29)20-11-15-22(16-12-20)37-4-2/h9-17H,3-8,18H2,1-2H3,(H,32,34). The minimum atomic E-state index is -0.291. The average Bonchev–Trinajstić information content (AvgIpc) is 3.33. The lowest BCUT2D eigenvalue weighted by atomic mass is 9.97. The molecule has 0 aliphatic heterocycles. The number of hydrogen-bond acceptors (Lipinski definition) is 8. The fraction of sp³-hybridized carbons (Fsp3) is 0.310. The molecule has 1 N–H and O–H groups in total. The number of carbonyl (C=O) groups excluding carboxylic acids is 1. The van der Waals surface area contributed by atoms with E-state index in [0.717, 1.165) is 53.1 Å². The van der Waals surface area contributed by atoms with Crippen molar-refractivity contribution in [3.63, 3.8) is 0 Å². The molecular formula is C29H30N4O4S2. The van der Waals surface area contributed by atoms with E-state index in [9.17, 15) is 9.59 Å². The van der Waals surface area contributed by atoms with Crippen molar-refractivity contribution in [1.29, 1.82) is 0 Å². The van der Waals surface area contributed by atoms with Crippen molar-refractivity contribution in [1.82, 2.24) is 15.0 Å². The second-order valence-corrected chi connectivity index (χ2v) is 11.0. The number of thioether (sulfide) groups is 1. The first-order valence-electron chi connectivity index (χ1n) is 13.1. The number of amides is 1. The SMILES string of the molecule is CCOc1ccc(C=NNC(=O)CSc2nc3sc4c(c3c(=O)n2-c2ccc(OCC)cc2)CCCC4)cc1. The van der Waals surface area contributed by atoms with Gasteiger partial charge in [0.1, 0.15) is 16.3 Å². The molecule has 0 spiro atoms. The largest absolute Gasteiger partial charge is 0.494 e. The summed E-state index contributed by atoms with van der Waals surface area (Å²) < 4.78 is 12.6. The molecule has 1 amide bonds. The second-order valence-electron chi connectivity index (χ2n) is 8.94. The van der Waals surface area contributed by atoms with Crippen molar-refractivity contribution < 1.29 is 14.3 Å². The molecule has 0 saturated carbocycles. The number of nitrogens with zero attached hydrogens (tertiary/aromatic N) is 3. The van der Waals surface area contributed by atoms with E-state index in [1.165, 1.54) is 16.6 Å². The van der Waals surface area contributed by atoms with Crippen LogP contribution in [-0.4, -0.2) is 40.6 Å². The number of nitrogens with one attached hydrogen (secondary N) is 1. The number of thiophene rings is 1. The van der Waals surface area contributed by atoms with Crippen LogP contribution in [0.1, 0.15) is 42.7 Å². The molecule has 2 aromatic carbocycles. The Balaban J connectivity index is 1.38. The monoisotopic (exact) mass is 562 g/mol. The Morgan fingerprint density at radius 1 is 1.05 bits per heavy atom. The third-order valence-corrected chi connectivity index (χ3v) is 8.41. The van der Waals surface area contributed by atoms with Gasteiger partial charge >= 0.3 is 0 Å². The average molecular weight is 563 g/mol. The maximum Gasteiger partial charge on any atom is 0.267 e. The molecule has 0 bridgehead atoms. The topological polar surface area (TPSA) is 94.8 Å². The maximum atomic E-state index is 13.9. The Bertz CT molecular complexity index is 1540. The van der Waals surface area contributed by atoms with Crippen LogP contribution in [0.15, 0.2) is 63.6 Å². The zero-order valence-corrected chi connectivity index (χ0v) is 23.6. The van der Waals surface area contributed by atoms with Gasteiger partial charge in [0, 0.05) is 4.88 Å². The summed E-state index contributed by atoms with van der Waals surface area (Å²) in [5, 5.41) is 5.25. The summed E-state index contributed by atoms with van der Waals surface area (Å²) in [7, 11) is 0. The van der Waals surface area contributed by atoms with Gasteiger partial charge in [-0.15, -0.1) is 11.3 Å². The van der Waals surface area contributed by atoms with Gasteiger partial charge in [0.05, 0.1) is 36.3 Å². The summed E-state index contributed by atoms with van der Waals surface area (Å²) in [5.74, 6) is 1.28. The molecule has 0 radical (unpaired) electrons. The number of aromatic nitrogens is 2. The van der Waals surface area contributed by atoms with Crippen LogP contribution in [0.5, 0.6) is 11.5 Å². The third kappa shape index (κ3) is 6.17. The Morgan fingerprint density at radius 3 is 2.41 bits per heavy atom. The van der Waals surface area contributed by atoms with E-state index in [1.807, 2.05) is 62.4 Å². The quantitative estimate of drug-likeness (QED) is 0.121. The van der Waals surface area contributed by atoms with Crippen molar-refractivity contribution in [2.75, 3.05) is 19.0 Å². The van der Waals surface area contributed by atoms with E-state index in [2.05, 4.69) is 10.5 Å². The Kier molecular flexibility index (Phi) is 8.63. The highest BCUT2D eigenvalue weighted by molar-refractivity contribution is 7.99. The van der Waals surface area contributed by atoms with E-state index < -0.39 is 0 Å². The fourth-order valence-corrected chi connectivity index (χ4v) is 6.63. The van der Waals surface area contributed by atoms with Crippen molar-refractivity contribution in [2.24, 2.45) is 5.10 Å². The molecule has 202 valence electrons. The van der Waals surface area contributed by atoms with Crippen molar-refractivity contribution >= 4 is 45.4 Å². The van der Waals surface area contributed by atoms with Gasteiger partial charge in [-0.25, -0.2) is 10.4 Å². The molecule has 0 fully saturated rings. The van der Waals surface area contributed by atoms with E-state index >= 15 is 0 Å². The summed E-state index contributed by atoms with van der Waals surface area (Å²) >= 11 is 2.82. The Hall–Kier alpha value is -3.63. The maximum absolute atomic E-state index is 13.9. The second kappa shape index (κ2) is 12.5. The lowest BCUT2D eigenvalue weighted by molar-refractivity contribution is -0.118. The lowest BCUT2D eigenvalue weighted by Crippen LogP contribution is -2.24. The minimum absolute atomic E-state index is 0.0562. The molecule has 0 saturated heterocycles. The van der Waals surface area contributed by atoms with Gasteiger partial charge in [-0.1, -0.05) is 11.8 Å². The summed E-state index contributed by atoms with van der Waals surface area (Å²) in [6, 6.07) is 14.8. The Labute approximate surface area is 235 Å². The van der Waals surface area contributed by atoms with Crippen LogP contribution in [0.3, 0.4) is 0 Å². The molecule has 2 aromatic heterocycles. The van der Waals surface area contributed by atoms with E-state index in [0.29, 0.717) is 29.4 Å². The van der Waals surface area contributed by atoms with Gasteiger partial charge in [-0.3, -0.25) is 14.2 Å². The molecule has 8 nitrogen and oxygen atoms in total. The normalized spacial score (nSPS) is 13.0. The highest BCUT2D eigenvalue weighted by Gasteiger charge is 2.23. The van der Waals surface area contributed by atoms with Crippen molar-refractivity contribution in [3.8, 4) is 17.2 Å². The first-order chi connectivity index (χ1) is 19.1. The summed E-state index contributed by atoms with van der Waals surface area (Å²) in [6.45, 7) is 5.02. The van der Waals surface area contributed by atoms with Gasteiger partial charge in [-0.05, 0) is 99.2 Å².